The lowest BCUT2D eigenvalue weighted by atomic mass is 10.2. The molecule has 0 spiro atoms. The molecule has 0 aliphatic carbocycles. The molecular formula is C15H21NO5. The van der Waals surface area contributed by atoms with Gasteiger partial charge in [0.1, 0.15) is 13.2 Å². The predicted octanol–water partition coefficient (Wildman–Crippen LogP) is 2.23. The highest BCUT2D eigenvalue weighted by Crippen LogP contribution is 2.07. The van der Waals surface area contributed by atoms with E-state index in [9.17, 15) is 9.59 Å². The summed E-state index contributed by atoms with van der Waals surface area (Å²) in [5.74, 6) is 0. The Morgan fingerprint density at radius 2 is 1.95 bits per heavy atom. The van der Waals surface area contributed by atoms with Crippen LogP contribution in [0.4, 0.5) is 4.79 Å². The second-order valence-electron chi connectivity index (χ2n) is 5.35. The Hall–Kier alpha value is -2.08. The summed E-state index contributed by atoms with van der Waals surface area (Å²) in [6, 6.07) is 9.27. The molecule has 1 N–H and O–H groups in total. The molecule has 0 unspecified atom stereocenters. The maximum Gasteiger partial charge on any atom is 0.410 e. The molecule has 1 aromatic rings. The van der Waals surface area contributed by atoms with Crippen LogP contribution in [0.25, 0.3) is 0 Å². The van der Waals surface area contributed by atoms with E-state index in [0.717, 1.165) is 5.56 Å². The van der Waals surface area contributed by atoms with Crippen molar-refractivity contribution in [3.8, 4) is 0 Å². The number of amides is 1. The SMILES string of the molecule is CC(C)(C)OC[C@@H](NC(=O)OCc1ccccc1)OC=O. The van der Waals surface area contributed by atoms with Crippen LogP contribution in [0.5, 0.6) is 0 Å². The molecule has 0 aliphatic rings. The summed E-state index contributed by atoms with van der Waals surface area (Å²) in [6.45, 7) is 6.02. The van der Waals surface area contributed by atoms with E-state index in [1.165, 1.54) is 0 Å². The molecule has 0 saturated carbocycles. The maximum absolute atomic E-state index is 11.6. The van der Waals surface area contributed by atoms with Crippen molar-refractivity contribution in [1.82, 2.24) is 5.32 Å². The molecule has 1 rings (SSSR count). The molecule has 0 radical (unpaired) electrons. The van der Waals surface area contributed by atoms with Crippen molar-refractivity contribution in [2.45, 2.75) is 39.2 Å². The van der Waals surface area contributed by atoms with E-state index in [4.69, 9.17) is 14.2 Å². The lowest BCUT2D eigenvalue weighted by Crippen LogP contribution is -2.42. The molecule has 21 heavy (non-hydrogen) atoms. The van der Waals surface area contributed by atoms with E-state index in [1.807, 2.05) is 51.1 Å². The second-order valence-corrected chi connectivity index (χ2v) is 5.35. The highest BCUT2D eigenvalue weighted by Gasteiger charge is 2.18. The van der Waals surface area contributed by atoms with E-state index < -0.39 is 17.9 Å². The molecule has 0 aromatic heterocycles. The maximum atomic E-state index is 11.6. The highest BCUT2D eigenvalue weighted by atomic mass is 16.6. The van der Waals surface area contributed by atoms with Crippen LogP contribution in [-0.2, 0) is 25.6 Å². The lowest BCUT2D eigenvalue weighted by molar-refractivity contribution is -0.142. The van der Waals surface area contributed by atoms with Crippen molar-refractivity contribution in [2.24, 2.45) is 0 Å². The van der Waals surface area contributed by atoms with Crippen LogP contribution in [0, 0.1) is 0 Å². The van der Waals surface area contributed by atoms with Gasteiger partial charge in [-0.05, 0) is 26.3 Å². The van der Waals surface area contributed by atoms with E-state index in [0.29, 0.717) is 0 Å². The Bertz CT molecular complexity index is 441. The van der Waals surface area contributed by atoms with Gasteiger partial charge in [-0.2, -0.15) is 0 Å². The fourth-order valence-corrected chi connectivity index (χ4v) is 1.40. The van der Waals surface area contributed by atoms with Crippen molar-refractivity contribution in [2.75, 3.05) is 6.61 Å². The van der Waals surface area contributed by atoms with E-state index in [1.54, 1.807) is 0 Å². The van der Waals surface area contributed by atoms with Crippen molar-refractivity contribution in [3.63, 3.8) is 0 Å². The molecular weight excluding hydrogens is 274 g/mol. The molecule has 1 amide bonds. The van der Waals surface area contributed by atoms with Crippen LogP contribution >= 0.6 is 0 Å². The molecule has 1 aromatic carbocycles. The predicted molar refractivity (Wildman–Crippen MR) is 76.4 cm³/mol. The van der Waals surface area contributed by atoms with Crippen LogP contribution in [-0.4, -0.2) is 31.0 Å². The van der Waals surface area contributed by atoms with Gasteiger partial charge in [0.25, 0.3) is 6.47 Å². The van der Waals surface area contributed by atoms with Crippen LogP contribution in [0.15, 0.2) is 30.3 Å². The van der Waals surface area contributed by atoms with Gasteiger partial charge >= 0.3 is 6.09 Å². The van der Waals surface area contributed by atoms with E-state index in [2.05, 4.69) is 5.32 Å². The summed E-state index contributed by atoms with van der Waals surface area (Å²) in [4.78, 5) is 22.1. The summed E-state index contributed by atoms with van der Waals surface area (Å²) in [7, 11) is 0. The molecule has 6 heteroatoms. The highest BCUT2D eigenvalue weighted by molar-refractivity contribution is 5.67. The number of hydrogen-bond donors (Lipinski definition) is 1. The molecule has 6 nitrogen and oxygen atoms in total. The largest absolute Gasteiger partial charge is 0.445 e. The fraction of sp³-hybridized carbons (Fsp3) is 0.467. The zero-order chi connectivity index (χ0) is 15.7. The first-order valence-electron chi connectivity index (χ1n) is 6.61. The normalized spacial score (nSPS) is 12.3. The van der Waals surface area contributed by atoms with Crippen molar-refractivity contribution in [1.29, 1.82) is 0 Å². The summed E-state index contributed by atoms with van der Waals surface area (Å²) >= 11 is 0. The standard InChI is InChI=1S/C15H21NO5/c1-15(2,3)21-10-13(20-11-17)16-14(18)19-9-12-7-5-4-6-8-12/h4-8,11,13H,9-10H2,1-3H3,(H,16,18)/t13-/m0/s1. The number of benzene rings is 1. The molecule has 0 saturated heterocycles. The van der Waals surface area contributed by atoms with Gasteiger partial charge in [0.05, 0.1) is 5.60 Å². The Kier molecular flexibility index (Phi) is 6.68. The minimum absolute atomic E-state index is 0.0443. The number of rotatable bonds is 7. The van der Waals surface area contributed by atoms with Gasteiger partial charge in [-0.3, -0.25) is 10.1 Å². The topological polar surface area (TPSA) is 73.9 Å². The number of alkyl carbamates (subject to hydrolysis) is 1. The number of carbonyl (C=O) groups excluding carboxylic acids is 2. The number of hydrogen-bond acceptors (Lipinski definition) is 5. The average Bonchev–Trinajstić information content (AvgIpc) is 2.43. The van der Waals surface area contributed by atoms with Crippen LogP contribution in [0.3, 0.4) is 0 Å². The van der Waals surface area contributed by atoms with E-state index >= 15 is 0 Å². The number of ether oxygens (including phenoxy) is 3. The Labute approximate surface area is 124 Å². The zero-order valence-corrected chi connectivity index (χ0v) is 12.5. The Morgan fingerprint density at radius 3 is 2.52 bits per heavy atom. The second kappa shape index (κ2) is 8.26. The molecule has 116 valence electrons. The van der Waals surface area contributed by atoms with Gasteiger partial charge in [-0.15, -0.1) is 0 Å². The first-order valence-corrected chi connectivity index (χ1v) is 6.61. The first-order chi connectivity index (χ1) is 9.90. The third-order valence-electron chi connectivity index (χ3n) is 2.38. The third-order valence-corrected chi connectivity index (χ3v) is 2.38. The van der Waals surface area contributed by atoms with E-state index in [-0.39, 0.29) is 19.7 Å². The summed E-state index contributed by atoms with van der Waals surface area (Å²) in [6.07, 6.45) is -1.56. The van der Waals surface area contributed by atoms with Gasteiger partial charge in [-0.1, -0.05) is 30.3 Å². The monoisotopic (exact) mass is 295 g/mol. The number of nitrogens with one attached hydrogen (secondary N) is 1. The van der Waals surface area contributed by atoms with Gasteiger partial charge < -0.3 is 14.2 Å². The fourth-order valence-electron chi connectivity index (χ4n) is 1.40. The smallest absolute Gasteiger partial charge is 0.410 e. The van der Waals surface area contributed by atoms with Gasteiger partial charge in [-0.25, -0.2) is 4.79 Å². The minimum atomic E-state index is -0.884. The Balaban J connectivity index is 2.39. The van der Waals surface area contributed by atoms with Gasteiger partial charge in [0.15, 0.2) is 0 Å². The molecule has 0 aliphatic heterocycles. The molecule has 0 bridgehead atoms. The summed E-state index contributed by atoms with van der Waals surface area (Å²) in [5, 5.41) is 2.42. The average molecular weight is 295 g/mol. The van der Waals surface area contributed by atoms with Crippen LogP contribution < -0.4 is 5.32 Å². The van der Waals surface area contributed by atoms with Crippen molar-refractivity contribution >= 4 is 12.6 Å². The van der Waals surface area contributed by atoms with Crippen LogP contribution in [0.1, 0.15) is 26.3 Å². The number of carbonyl (C=O) groups is 2. The van der Waals surface area contributed by atoms with Crippen LogP contribution in [0.2, 0.25) is 0 Å². The summed E-state index contributed by atoms with van der Waals surface area (Å²) < 4.78 is 15.2. The van der Waals surface area contributed by atoms with Gasteiger partial charge in [0, 0.05) is 0 Å². The molecule has 1 atom stereocenters. The minimum Gasteiger partial charge on any atom is -0.445 e. The quantitative estimate of drug-likeness (QED) is 0.617. The molecule has 0 fully saturated rings. The van der Waals surface area contributed by atoms with Gasteiger partial charge in [0.2, 0.25) is 6.23 Å². The third kappa shape index (κ3) is 7.94. The summed E-state index contributed by atoms with van der Waals surface area (Å²) in [5.41, 5.74) is 0.464. The lowest BCUT2D eigenvalue weighted by Gasteiger charge is -2.23. The van der Waals surface area contributed by atoms with Crippen molar-refractivity contribution < 1.29 is 23.8 Å². The Morgan fingerprint density at radius 1 is 1.29 bits per heavy atom. The van der Waals surface area contributed by atoms with Crippen molar-refractivity contribution in [3.05, 3.63) is 35.9 Å². The molecule has 0 heterocycles. The first kappa shape index (κ1) is 17.0. The zero-order valence-electron chi connectivity index (χ0n) is 12.5.